The highest BCUT2D eigenvalue weighted by Crippen LogP contribution is 2.34. The Kier molecular flexibility index (Phi) is 3.28. The van der Waals surface area contributed by atoms with E-state index in [1.54, 1.807) is 0 Å². The molecule has 1 saturated carbocycles. The van der Waals surface area contributed by atoms with Crippen LogP contribution < -0.4 is 11.1 Å². The Labute approximate surface area is 91.5 Å². The fourth-order valence-corrected chi connectivity index (χ4v) is 1.76. The van der Waals surface area contributed by atoms with Crippen molar-refractivity contribution in [2.24, 2.45) is 5.73 Å². The molecule has 1 amide bonds. The molecule has 3 N–H and O–H groups in total. The lowest BCUT2D eigenvalue weighted by Crippen LogP contribution is -2.63. The minimum atomic E-state index is -0.452. The van der Waals surface area contributed by atoms with E-state index in [-0.39, 0.29) is 17.7 Å². The van der Waals surface area contributed by atoms with E-state index in [1.165, 1.54) is 0 Å². The zero-order valence-corrected chi connectivity index (χ0v) is 10.1. The van der Waals surface area contributed by atoms with E-state index in [0.29, 0.717) is 0 Å². The van der Waals surface area contributed by atoms with Crippen molar-refractivity contribution in [2.45, 2.75) is 64.1 Å². The second-order valence-corrected chi connectivity index (χ2v) is 5.43. The molecule has 0 aromatic carbocycles. The fourth-order valence-electron chi connectivity index (χ4n) is 1.76. The Bertz CT molecular complexity index is 239. The highest BCUT2D eigenvalue weighted by Gasteiger charge is 2.42. The first-order valence-electron chi connectivity index (χ1n) is 5.52. The monoisotopic (exact) mass is 214 g/mol. The molecule has 1 aliphatic carbocycles. The lowest BCUT2D eigenvalue weighted by Gasteiger charge is -2.45. The first-order valence-corrected chi connectivity index (χ1v) is 5.52. The molecule has 0 saturated heterocycles. The van der Waals surface area contributed by atoms with Crippen molar-refractivity contribution in [1.82, 2.24) is 5.32 Å². The maximum atomic E-state index is 11.6. The van der Waals surface area contributed by atoms with Gasteiger partial charge in [-0.25, -0.2) is 4.79 Å². The average molecular weight is 214 g/mol. The van der Waals surface area contributed by atoms with Gasteiger partial charge in [0.1, 0.15) is 5.60 Å². The number of nitrogens with two attached hydrogens (primary N) is 1. The van der Waals surface area contributed by atoms with Gasteiger partial charge in [0.15, 0.2) is 0 Å². The van der Waals surface area contributed by atoms with Crippen LogP contribution in [0.3, 0.4) is 0 Å². The Morgan fingerprint density at radius 2 is 2.00 bits per heavy atom. The van der Waals surface area contributed by atoms with Gasteiger partial charge in [-0.05, 0) is 47.0 Å². The Hall–Kier alpha value is -0.770. The van der Waals surface area contributed by atoms with Crippen molar-refractivity contribution < 1.29 is 9.53 Å². The van der Waals surface area contributed by atoms with Crippen molar-refractivity contribution in [3.8, 4) is 0 Å². The summed E-state index contributed by atoms with van der Waals surface area (Å²) in [5.74, 6) is 0. The predicted octanol–water partition coefficient (Wildman–Crippen LogP) is 1.78. The van der Waals surface area contributed by atoms with Gasteiger partial charge in [-0.1, -0.05) is 0 Å². The summed E-state index contributed by atoms with van der Waals surface area (Å²) < 4.78 is 5.21. The first kappa shape index (κ1) is 12.3. The van der Waals surface area contributed by atoms with Crippen LogP contribution >= 0.6 is 0 Å². The van der Waals surface area contributed by atoms with Crippen molar-refractivity contribution in [3.05, 3.63) is 0 Å². The van der Waals surface area contributed by atoms with Gasteiger partial charge >= 0.3 is 6.09 Å². The zero-order chi connectivity index (χ0) is 11.7. The number of ether oxygens (including phenoxy) is 1. The van der Waals surface area contributed by atoms with E-state index in [9.17, 15) is 4.79 Å². The summed E-state index contributed by atoms with van der Waals surface area (Å²) in [7, 11) is 0. The van der Waals surface area contributed by atoms with E-state index < -0.39 is 5.60 Å². The molecule has 0 unspecified atom stereocenters. The molecule has 4 nitrogen and oxygen atoms in total. The maximum absolute atomic E-state index is 11.6. The van der Waals surface area contributed by atoms with Gasteiger partial charge in [-0.15, -0.1) is 0 Å². The number of rotatable bonds is 2. The van der Waals surface area contributed by atoms with Gasteiger partial charge in [0.05, 0.1) is 5.54 Å². The third-order valence-electron chi connectivity index (χ3n) is 2.87. The lowest BCUT2D eigenvalue weighted by molar-refractivity contribution is 0.0351. The van der Waals surface area contributed by atoms with E-state index in [1.807, 2.05) is 27.7 Å². The Morgan fingerprint density at radius 3 is 2.27 bits per heavy atom. The molecule has 0 bridgehead atoms. The van der Waals surface area contributed by atoms with E-state index >= 15 is 0 Å². The van der Waals surface area contributed by atoms with Crippen molar-refractivity contribution >= 4 is 6.09 Å². The minimum absolute atomic E-state index is 0.0289. The standard InChI is InChI=1S/C11H22N2O2/c1-8(12)11(6-5-7-11)13-9(14)15-10(2,3)4/h8H,5-7,12H2,1-4H3,(H,13,14)/t8-/m0/s1. The molecule has 15 heavy (non-hydrogen) atoms. The summed E-state index contributed by atoms with van der Waals surface area (Å²) in [6.07, 6.45) is 2.66. The molecular weight excluding hydrogens is 192 g/mol. The molecule has 0 heterocycles. The van der Waals surface area contributed by atoms with Gasteiger partial charge in [0, 0.05) is 6.04 Å². The van der Waals surface area contributed by atoms with Crippen LogP contribution in [0.15, 0.2) is 0 Å². The van der Waals surface area contributed by atoms with Crippen LogP contribution in [-0.2, 0) is 4.74 Å². The maximum Gasteiger partial charge on any atom is 0.408 e. The normalized spacial score (nSPS) is 21.4. The zero-order valence-electron chi connectivity index (χ0n) is 10.1. The van der Waals surface area contributed by atoms with Gasteiger partial charge in [0.25, 0.3) is 0 Å². The van der Waals surface area contributed by atoms with Crippen molar-refractivity contribution in [3.63, 3.8) is 0 Å². The number of hydrogen-bond acceptors (Lipinski definition) is 3. The molecule has 0 aromatic rings. The molecule has 0 aliphatic heterocycles. The largest absolute Gasteiger partial charge is 0.444 e. The average Bonchev–Trinajstić information content (AvgIpc) is 1.92. The summed E-state index contributed by atoms with van der Waals surface area (Å²) in [4.78, 5) is 11.6. The number of carbonyl (C=O) groups excluding carboxylic acids is 1. The van der Waals surface area contributed by atoms with Crippen LogP contribution in [0.5, 0.6) is 0 Å². The van der Waals surface area contributed by atoms with Crippen LogP contribution in [0.25, 0.3) is 0 Å². The summed E-state index contributed by atoms with van der Waals surface area (Å²) >= 11 is 0. The molecule has 4 heteroatoms. The van der Waals surface area contributed by atoms with Gasteiger partial charge < -0.3 is 15.8 Å². The Balaban J connectivity index is 2.50. The first-order chi connectivity index (χ1) is 6.75. The molecule has 1 atom stereocenters. The minimum Gasteiger partial charge on any atom is -0.444 e. The third kappa shape index (κ3) is 3.09. The molecule has 0 radical (unpaired) electrons. The fraction of sp³-hybridized carbons (Fsp3) is 0.909. The summed E-state index contributed by atoms with van der Waals surface area (Å²) in [6.45, 7) is 7.49. The molecule has 1 aliphatic rings. The predicted molar refractivity (Wildman–Crippen MR) is 59.6 cm³/mol. The smallest absolute Gasteiger partial charge is 0.408 e. The number of nitrogens with one attached hydrogen (secondary N) is 1. The van der Waals surface area contributed by atoms with Crippen LogP contribution in [0.2, 0.25) is 0 Å². The van der Waals surface area contributed by atoms with Crippen LogP contribution in [0.1, 0.15) is 47.0 Å². The Morgan fingerprint density at radius 1 is 1.47 bits per heavy atom. The van der Waals surface area contributed by atoms with E-state index in [2.05, 4.69) is 5.32 Å². The second kappa shape index (κ2) is 4.00. The molecule has 88 valence electrons. The van der Waals surface area contributed by atoms with Gasteiger partial charge in [-0.2, -0.15) is 0 Å². The van der Waals surface area contributed by atoms with Crippen molar-refractivity contribution in [1.29, 1.82) is 0 Å². The van der Waals surface area contributed by atoms with Gasteiger partial charge in [-0.3, -0.25) is 0 Å². The van der Waals surface area contributed by atoms with Gasteiger partial charge in [0.2, 0.25) is 0 Å². The quantitative estimate of drug-likeness (QED) is 0.736. The number of hydrogen-bond donors (Lipinski definition) is 2. The second-order valence-electron chi connectivity index (χ2n) is 5.43. The topological polar surface area (TPSA) is 64.3 Å². The number of alkyl carbamates (subject to hydrolysis) is 1. The molecule has 1 fully saturated rings. The molecule has 0 spiro atoms. The molecular formula is C11H22N2O2. The van der Waals surface area contributed by atoms with Crippen LogP contribution in [-0.4, -0.2) is 23.3 Å². The number of carbonyl (C=O) groups is 1. The van der Waals surface area contributed by atoms with Crippen LogP contribution in [0.4, 0.5) is 4.79 Å². The van der Waals surface area contributed by atoms with Crippen molar-refractivity contribution in [2.75, 3.05) is 0 Å². The van der Waals surface area contributed by atoms with E-state index in [4.69, 9.17) is 10.5 Å². The summed E-state index contributed by atoms with van der Waals surface area (Å²) in [5.41, 5.74) is 5.19. The third-order valence-corrected chi connectivity index (χ3v) is 2.87. The molecule has 0 aromatic heterocycles. The highest BCUT2D eigenvalue weighted by atomic mass is 16.6. The highest BCUT2D eigenvalue weighted by molar-refractivity contribution is 5.69. The SMILES string of the molecule is C[C@H](N)C1(NC(=O)OC(C)(C)C)CCC1. The van der Waals surface area contributed by atoms with Crippen LogP contribution in [0, 0.1) is 0 Å². The molecule has 1 rings (SSSR count). The lowest BCUT2D eigenvalue weighted by atomic mass is 9.72. The number of amides is 1. The van der Waals surface area contributed by atoms with E-state index in [0.717, 1.165) is 19.3 Å². The summed E-state index contributed by atoms with van der Waals surface area (Å²) in [5, 5.41) is 2.90. The summed E-state index contributed by atoms with van der Waals surface area (Å²) in [6, 6.07) is -0.0289.